The zero-order valence-electron chi connectivity index (χ0n) is 9.42. The average molecular weight is 266 g/mol. The van der Waals surface area contributed by atoms with E-state index in [4.69, 9.17) is 4.74 Å². The number of nitrogens with one attached hydrogen (secondary N) is 1. The summed E-state index contributed by atoms with van der Waals surface area (Å²) in [5.74, 6) is 0.180. The molecule has 0 aliphatic carbocycles. The lowest BCUT2D eigenvalue weighted by Crippen LogP contribution is -2.18. The Kier molecular flexibility index (Phi) is 3.30. The SMILES string of the molecule is Cl.O=C1N[C@@H](c2c(O)ccc3ccccc23)CO1. The molecule has 3 rings (SSSR count). The maximum absolute atomic E-state index is 11.1. The molecule has 2 aromatic rings. The minimum Gasteiger partial charge on any atom is -0.508 e. The topological polar surface area (TPSA) is 58.6 Å². The van der Waals surface area contributed by atoms with Gasteiger partial charge in [-0.25, -0.2) is 4.79 Å². The first kappa shape index (κ1) is 12.5. The van der Waals surface area contributed by atoms with Gasteiger partial charge in [-0.1, -0.05) is 30.3 Å². The molecule has 94 valence electrons. The Hall–Kier alpha value is -1.94. The molecule has 0 unspecified atom stereocenters. The molecule has 1 amide bonds. The Balaban J connectivity index is 0.00000120. The molecule has 5 heteroatoms. The van der Waals surface area contributed by atoms with Crippen LogP contribution in [0.25, 0.3) is 10.8 Å². The molecule has 0 saturated carbocycles. The van der Waals surface area contributed by atoms with E-state index in [2.05, 4.69) is 5.32 Å². The van der Waals surface area contributed by atoms with Crippen LogP contribution in [0.4, 0.5) is 4.79 Å². The highest BCUT2D eigenvalue weighted by Gasteiger charge is 2.27. The predicted octanol–water partition coefficient (Wildman–Crippen LogP) is 2.75. The Labute approximate surface area is 110 Å². The van der Waals surface area contributed by atoms with Crippen molar-refractivity contribution in [3.63, 3.8) is 0 Å². The Morgan fingerprint density at radius 1 is 1.22 bits per heavy atom. The Bertz CT molecular complexity index is 600. The summed E-state index contributed by atoms with van der Waals surface area (Å²) in [6.45, 7) is 0.250. The number of halogens is 1. The van der Waals surface area contributed by atoms with Gasteiger partial charge in [0.15, 0.2) is 0 Å². The van der Waals surface area contributed by atoms with Crippen LogP contribution in [-0.2, 0) is 4.74 Å². The molecular weight excluding hydrogens is 254 g/mol. The number of carbonyl (C=O) groups is 1. The van der Waals surface area contributed by atoms with Crippen LogP contribution in [0.5, 0.6) is 5.75 Å². The molecule has 0 radical (unpaired) electrons. The normalized spacial score (nSPS) is 18.0. The molecule has 1 aliphatic rings. The van der Waals surface area contributed by atoms with Crippen LogP contribution in [-0.4, -0.2) is 17.8 Å². The minimum absolute atomic E-state index is 0. The van der Waals surface area contributed by atoms with Gasteiger partial charge in [0, 0.05) is 5.56 Å². The third kappa shape index (κ3) is 1.95. The first-order chi connectivity index (χ1) is 8.25. The highest BCUT2D eigenvalue weighted by Crippen LogP contribution is 2.33. The fraction of sp³-hybridized carbons (Fsp3) is 0.154. The van der Waals surface area contributed by atoms with E-state index in [1.54, 1.807) is 6.07 Å². The Morgan fingerprint density at radius 3 is 2.72 bits per heavy atom. The van der Waals surface area contributed by atoms with Gasteiger partial charge >= 0.3 is 6.09 Å². The van der Waals surface area contributed by atoms with Crippen molar-refractivity contribution in [2.45, 2.75) is 6.04 Å². The summed E-state index contributed by atoms with van der Waals surface area (Å²) in [6.07, 6.45) is -0.442. The number of hydrogen-bond acceptors (Lipinski definition) is 3. The number of benzene rings is 2. The number of cyclic esters (lactones) is 1. The van der Waals surface area contributed by atoms with Gasteiger partial charge < -0.3 is 15.2 Å². The lowest BCUT2D eigenvalue weighted by molar-refractivity contribution is 0.177. The number of phenolic OH excluding ortho intramolecular Hbond substituents is 1. The molecule has 0 aromatic heterocycles. The molecule has 1 fully saturated rings. The molecule has 18 heavy (non-hydrogen) atoms. The quantitative estimate of drug-likeness (QED) is 0.834. The van der Waals surface area contributed by atoms with E-state index in [0.717, 1.165) is 10.8 Å². The van der Waals surface area contributed by atoms with Crippen LogP contribution in [0.3, 0.4) is 0 Å². The lowest BCUT2D eigenvalue weighted by atomic mass is 9.98. The second-order valence-electron chi connectivity index (χ2n) is 4.01. The lowest BCUT2D eigenvalue weighted by Gasteiger charge is -2.13. The summed E-state index contributed by atoms with van der Waals surface area (Å²) >= 11 is 0. The maximum Gasteiger partial charge on any atom is 0.407 e. The van der Waals surface area contributed by atoms with Crippen molar-refractivity contribution in [1.29, 1.82) is 0 Å². The van der Waals surface area contributed by atoms with Gasteiger partial charge in [-0.3, -0.25) is 0 Å². The maximum atomic E-state index is 11.1. The number of carbonyl (C=O) groups excluding carboxylic acids is 1. The second kappa shape index (κ2) is 4.74. The van der Waals surface area contributed by atoms with Gasteiger partial charge in [0.1, 0.15) is 12.4 Å². The molecule has 1 aliphatic heterocycles. The highest BCUT2D eigenvalue weighted by atomic mass is 35.5. The van der Waals surface area contributed by atoms with E-state index >= 15 is 0 Å². The van der Waals surface area contributed by atoms with E-state index in [0.29, 0.717) is 5.56 Å². The van der Waals surface area contributed by atoms with Gasteiger partial charge in [-0.2, -0.15) is 0 Å². The number of fused-ring (bicyclic) bond motifs is 1. The first-order valence-corrected chi connectivity index (χ1v) is 5.39. The van der Waals surface area contributed by atoms with Crippen molar-refractivity contribution < 1.29 is 14.6 Å². The van der Waals surface area contributed by atoms with Crippen LogP contribution in [0, 0.1) is 0 Å². The minimum atomic E-state index is -0.442. The number of hydrogen-bond donors (Lipinski definition) is 2. The molecule has 1 saturated heterocycles. The fourth-order valence-electron chi connectivity index (χ4n) is 2.19. The van der Waals surface area contributed by atoms with Gasteiger partial charge in [0.25, 0.3) is 0 Å². The Morgan fingerprint density at radius 2 is 2.00 bits per heavy atom. The number of alkyl carbamates (subject to hydrolysis) is 1. The van der Waals surface area contributed by atoms with Gasteiger partial charge in [0.05, 0.1) is 6.04 Å². The van der Waals surface area contributed by atoms with Crippen LogP contribution in [0.15, 0.2) is 36.4 Å². The molecule has 1 atom stereocenters. The van der Waals surface area contributed by atoms with Gasteiger partial charge in [0.2, 0.25) is 0 Å². The van der Waals surface area contributed by atoms with Crippen molar-refractivity contribution in [1.82, 2.24) is 5.32 Å². The molecule has 1 heterocycles. The van der Waals surface area contributed by atoms with Crippen molar-refractivity contribution in [2.75, 3.05) is 6.61 Å². The second-order valence-corrected chi connectivity index (χ2v) is 4.01. The van der Waals surface area contributed by atoms with Crippen molar-refractivity contribution in [3.8, 4) is 5.75 Å². The van der Waals surface area contributed by atoms with E-state index in [9.17, 15) is 9.90 Å². The average Bonchev–Trinajstić information content (AvgIpc) is 2.75. The third-order valence-corrected chi connectivity index (χ3v) is 2.97. The fourth-order valence-corrected chi connectivity index (χ4v) is 2.19. The summed E-state index contributed by atoms with van der Waals surface area (Å²) in [7, 11) is 0. The van der Waals surface area contributed by atoms with E-state index in [1.165, 1.54) is 0 Å². The van der Waals surface area contributed by atoms with Crippen LogP contribution >= 0.6 is 12.4 Å². The summed E-state index contributed by atoms with van der Waals surface area (Å²) in [5.41, 5.74) is 0.717. The van der Waals surface area contributed by atoms with Crippen molar-refractivity contribution >= 4 is 29.3 Å². The number of phenols is 1. The van der Waals surface area contributed by atoms with Crippen molar-refractivity contribution in [2.24, 2.45) is 0 Å². The highest BCUT2D eigenvalue weighted by molar-refractivity contribution is 5.89. The summed E-state index contributed by atoms with van der Waals surface area (Å²) < 4.78 is 4.86. The molecular formula is C13H12ClNO3. The standard InChI is InChI=1S/C13H11NO3.ClH/c15-11-6-5-8-3-1-2-4-9(8)12(11)10-7-17-13(16)14-10;/h1-6,10,15H,7H2,(H,14,16);1H/t10-;/m1./s1. The zero-order chi connectivity index (χ0) is 11.8. The summed E-state index contributed by atoms with van der Waals surface area (Å²) in [6, 6.07) is 10.9. The molecule has 0 bridgehead atoms. The van der Waals surface area contributed by atoms with E-state index in [1.807, 2.05) is 30.3 Å². The zero-order valence-corrected chi connectivity index (χ0v) is 10.2. The van der Waals surface area contributed by atoms with Crippen LogP contribution in [0.1, 0.15) is 11.6 Å². The molecule has 2 aromatic carbocycles. The van der Waals surface area contributed by atoms with E-state index in [-0.39, 0.29) is 30.8 Å². The van der Waals surface area contributed by atoms with Gasteiger partial charge in [-0.15, -0.1) is 12.4 Å². The van der Waals surface area contributed by atoms with E-state index < -0.39 is 6.09 Å². The van der Waals surface area contributed by atoms with Gasteiger partial charge in [-0.05, 0) is 16.8 Å². The number of amides is 1. The molecule has 0 spiro atoms. The number of aromatic hydroxyl groups is 1. The van der Waals surface area contributed by atoms with Crippen LogP contribution in [0.2, 0.25) is 0 Å². The molecule has 2 N–H and O–H groups in total. The van der Waals surface area contributed by atoms with Crippen LogP contribution < -0.4 is 5.32 Å². The number of ether oxygens (including phenoxy) is 1. The largest absolute Gasteiger partial charge is 0.508 e. The first-order valence-electron chi connectivity index (χ1n) is 5.39. The third-order valence-electron chi connectivity index (χ3n) is 2.97. The number of rotatable bonds is 1. The molecule has 4 nitrogen and oxygen atoms in total. The van der Waals surface area contributed by atoms with Crippen molar-refractivity contribution in [3.05, 3.63) is 42.0 Å². The predicted molar refractivity (Wildman–Crippen MR) is 70.1 cm³/mol. The smallest absolute Gasteiger partial charge is 0.407 e. The summed E-state index contributed by atoms with van der Waals surface area (Å²) in [4.78, 5) is 11.1. The summed E-state index contributed by atoms with van der Waals surface area (Å²) in [5, 5.41) is 14.6. The monoisotopic (exact) mass is 265 g/mol.